The van der Waals surface area contributed by atoms with E-state index in [-0.39, 0.29) is 22.7 Å². The lowest BCUT2D eigenvalue weighted by molar-refractivity contribution is -0.142. The minimum atomic E-state index is -1.17. The van der Waals surface area contributed by atoms with Crippen LogP contribution in [0.5, 0.6) is 0 Å². The molecule has 1 aliphatic heterocycles. The number of hydrogen-bond donors (Lipinski definition) is 2. The number of carboxylic acids is 1. The van der Waals surface area contributed by atoms with E-state index in [1.54, 1.807) is 68.4 Å². The number of anilines is 1. The van der Waals surface area contributed by atoms with Gasteiger partial charge in [-0.25, -0.2) is 9.59 Å². The van der Waals surface area contributed by atoms with Gasteiger partial charge < -0.3 is 20.3 Å². The molecule has 3 rings (SSSR count). The van der Waals surface area contributed by atoms with Crippen LogP contribution in [0.1, 0.15) is 30.9 Å². The normalized spacial score (nSPS) is 16.0. The minimum Gasteiger partial charge on any atom is -0.481 e. The maximum atomic E-state index is 13.0. The fraction of sp³-hybridized carbons (Fsp3) is 0.231. The van der Waals surface area contributed by atoms with Crippen LogP contribution in [0, 0.1) is 11.3 Å². The van der Waals surface area contributed by atoms with E-state index in [9.17, 15) is 24.8 Å². The predicted molar refractivity (Wildman–Crippen MR) is 127 cm³/mol. The van der Waals surface area contributed by atoms with Crippen LogP contribution in [0.2, 0.25) is 0 Å². The van der Waals surface area contributed by atoms with Crippen molar-refractivity contribution in [3.63, 3.8) is 0 Å². The lowest BCUT2D eigenvalue weighted by Crippen LogP contribution is -2.40. The number of carbonyl (C=O) groups excluding carboxylic acids is 2. The number of benzene rings is 2. The van der Waals surface area contributed by atoms with Gasteiger partial charge in [0.25, 0.3) is 0 Å². The SMILES string of the molecule is COC(=O)C1=C(C(=O)OC)N(c2ccc(C(C)(C)C(=O)O)cc2)C(N)=C(C#N)C1c1ccccc1. The number of ether oxygens (including phenoxy) is 2. The van der Waals surface area contributed by atoms with Crippen molar-refractivity contribution in [3.05, 3.63) is 88.4 Å². The third-order valence-corrected chi connectivity index (χ3v) is 5.99. The first-order valence-electron chi connectivity index (χ1n) is 10.6. The first-order valence-corrected chi connectivity index (χ1v) is 10.6. The summed E-state index contributed by atoms with van der Waals surface area (Å²) in [5.74, 6) is -3.73. The molecule has 0 amide bonds. The van der Waals surface area contributed by atoms with Crippen molar-refractivity contribution < 1.29 is 29.0 Å². The highest BCUT2D eigenvalue weighted by molar-refractivity contribution is 6.06. The number of allylic oxidation sites excluding steroid dienone is 1. The third-order valence-electron chi connectivity index (χ3n) is 5.99. The Morgan fingerprint density at radius 3 is 2.06 bits per heavy atom. The second kappa shape index (κ2) is 9.73. The molecule has 1 aliphatic rings. The second-order valence-corrected chi connectivity index (χ2v) is 8.31. The van der Waals surface area contributed by atoms with E-state index < -0.39 is 29.2 Å². The van der Waals surface area contributed by atoms with Crippen molar-refractivity contribution in [2.75, 3.05) is 19.1 Å². The zero-order valence-electron chi connectivity index (χ0n) is 19.7. The molecule has 35 heavy (non-hydrogen) atoms. The summed E-state index contributed by atoms with van der Waals surface area (Å²) in [6, 6.07) is 17.0. The van der Waals surface area contributed by atoms with E-state index in [2.05, 4.69) is 6.07 Å². The Morgan fingerprint density at radius 2 is 1.57 bits per heavy atom. The van der Waals surface area contributed by atoms with Crippen LogP contribution in [0.4, 0.5) is 5.69 Å². The number of nitriles is 1. The van der Waals surface area contributed by atoms with Gasteiger partial charge in [-0.2, -0.15) is 5.26 Å². The van der Waals surface area contributed by atoms with Crippen LogP contribution < -0.4 is 10.6 Å². The second-order valence-electron chi connectivity index (χ2n) is 8.31. The molecule has 180 valence electrons. The number of methoxy groups -OCH3 is 2. The average Bonchev–Trinajstić information content (AvgIpc) is 2.87. The van der Waals surface area contributed by atoms with Crippen LogP contribution in [-0.2, 0) is 29.3 Å². The number of nitrogens with zero attached hydrogens (tertiary/aromatic N) is 2. The molecule has 1 unspecified atom stereocenters. The summed E-state index contributed by atoms with van der Waals surface area (Å²) >= 11 is 0. The van der Waals surface area contributed by atoms with Crippen LogP contribution in [0.25, 0.3) is 0 Å². The van der Waals surface area contributed by atoms with E-state index in [0.717, 1.165) is 7.11 Å². The summed E-state index contributed by atoms with van der Waals surface area (Å²) in [5.41, 5.74) is 6.41. The molecule has 0 bridgehead atoms. The van der Waals surface area contributed by atoms with Gasteiger partial charge in [0.15, 0.2) is 0 Å². The van der Waals surface area contributed by atoms with Gasteiger partial charge in [-0.15, -0.1) is 0 Å². The van der Waals surface area contributed by atoms with E-state index in [0.29, 0.717) is 16.8 Å². The number of aliphatic carboxylic acids is 1. The van der Waals surface area contributed by atoms with E-state index in [1.807, 2.05) is 0 Å². The van der Waals surface area contributed by atoms with Gasteiger partial charge >= 0.3 is 17.9 Å². The molecule has 0 aliphatic carbocycles. The molecular weight excluding hydrogens is 450 g/mol. The number of nitrogens with two attached hydrogens (primary N) is 1. The number of rotatable bonds is 6. The third kappa shape index (κ3) is 4.34. The smallest absolute Gasteiger partial charge is 0.355 e. The van der Waals surface area contributed by atoms with E-state index >= 15 is 0 Å². The average molecular weight is 476 g/mol. The molecule has 0 saturated heterocycles. The largest absolute Gasteiger partial charge is 0.481 e. The molecule has 0 aromatic heterocycles. The predicted octanol–water partition coefficient (Wildman–Crippen LogP) is 2.95. The van der Waals surface area contributed by atoms with Crippen molar-refractivity contribution in [2.45, 2.75) is 25.2 Å². The van der Waals surface area contributed by atoms with Gasteiger partial charge in [0.05, 0.1) is 42.8 Å². The Hall–Kier alpha value is -4.58. The maximum Gasteiger partial charge on any atom is 0.355 e. The first-order chi connectivity index (χ1) is 16.6. The van der Waals surface area contributed by atoms with Gasteiger partial charge in [-0.05, 0) is 37.1 Å². The highest BCUT2D eigenvalue weighted by atomic mass is 16.5. The van der Waals surface area contributed by atoms with Crippen molar-refractivity contribution in [2.24, 2.45) is 5.73 Å². The Labute approximate surface area is 202 Å². The van der Waals surface area contributed by atoms with Crippen LogP contribution in [0.15, 0.2) is 77.3 Å². The molecule has 0 fully saturated rings. The Balaban J connectivity index is 2.33. The molecule has 9 heteroatoms. The Kier molecular flexibility index (Phi) is 6.96. The standard InChI is InChI=1S/C26H25N3O6/c1-26(2,25(32)33)16-10-12-17(13-11-16)29-21(24(31)35-4)20(23(30)34-3)19(18(14-27)22(29)28)15-8-6-5-7-9-15/h5-13,19H,28H2,1-4H3,(H,32,33). The van der Waals surface area contributed by atoms with Gasteiger partial charge in [0.2, 0.25) is 0 Å². The lowest BCUT2D eigenvalue weighted by atomic mass is 9.80. The highest BCUT2D eigenvalue weighted by Crippen LogP contribution is 2.43. The summed E-state index contributed by atoms with van der Waals surface area (Å²) in [5, 5.41) is 19.6. The molecule has 9 nitrogen and oxygen atoms in total. The Bertz CT molecular complexity index is 1270. The number of carboxylic acid groups (broad SMARTS) is 1. The van der Waals surface area contributed by atoms with Crippen molar-refractivity contribution >= 4 is 23.6 Å². The van der Waals surface area contributed by atoms with Gasteiger partial charge in [-0.1, -0.05) is 42.5 Å². The molecule has 0 radical (unpaired) electrons. The summed E-state index contributed by atoms with van der Waals surface area (Å²) in [7, 11) is 2.34. The van der Waals surface area contributed by atoms with Crippen molar-refractivity contribution in [3.8, 4) is 6.07 Å². The fourth-order valence-electron chi connectivity index (χ4n) is 3.93. The van der Waals surface area contributed by atoms with E-state index in [4.69, 9.17) is 15.2 Å². The molecule has 1 atom stereocenters. The summed E-state index contributed by atoms with van der Waals surface area (Å²) in [6.07, 6.45) is 0. The molecular formula is C26H25N3O6. The van der Waals surface area contributed by atoms with Crippen molar-refractivity contribution in [1.82, 2.24) is 0 Å². The molecule has 3 N–H and O–H groups in total. The molecule has 0 saturated carbocycles. The zero-order chi connectivity index (χ0) is 25.9. The van der Waals surface area contributed by atoms with Crippen LogP contribution in [-0.4, -0.2) is 37.2 Å². The molecule has 0 spiro atoms. The lowest BCUT2D eigenvalue weighted by Gasteiger charge is -2.36. The van der Waals surface area contributed by atoms with Gasteiger partial charge in [0.1, 0.15) is 11.5 Å². The monoisotopic (exact) mass is 475 g/mol. The molecule has 2 aromatic rings. The number of esters is 2. The number of carbonyl (C=O) groups is 3. The maximum absolute atomic E-state index is 13.0. The van der Waals surface area contributed by atoms with Crippen molar-refractivity contribution in [1.29, 1.82) is 5.26 Å². The van der Waals surface area contributed by atoms with Gasteiger partial charge in [0, 0.05) is 5.69 Å². The summed E-state index contributed by atoms with van der Waals surface area (Å²) in [6.45, 7) is 3.12. The fourth-order valence-corrected chi connectivity index (χ4v) is 3.93. The Morgan fingerprint density at radius 1 is 1.00 bits per heavy atom. The quantitative estimate of drug-likeness (QED) is 0.603. The molecule has 2 aromatic carbocycles. The van der Waals surface area contributed by atoms with E-state index in [1.165, 1.54) is 12.0 Å². The first kappa shape index (κ1) is 25.1. The minimum absolute atomic E-state index is 0.0409. The van der Waals surface area contributed by atoms with Crippen LogP contribution >= 0.6 is 0 Å². The number of hydrogen-bond acceptors (Lipinski definition) is 8. The topological polar surface area (TPSA) is 143 Å². The van der Waals surface area contributed by atoms with Crippen LogP contribution in [0.3, 0.4) is 0 Å². The summed E-state index contributed by atoms with van der Waals surface area (Å²) < 4.78 is 9.99. The van der Waals surface area contributed by atoms with Gasteiger partial charge in [-0.3, -0.25) is 9.69 Å². The molecule has 1 heterocycles. The zero-order valence-corrected chi connectivity index (χ0v) is 19.7. The summed E-state index contributed by atoms with van der Waals surface area (Å²) in [4.78, 5) is 39.0. The highest BCUT2D eigenvalue weighted by Gasteiger charge is 2.43.